The van der Waals surface area contributed by atoms with E-state index in [-0.39, 0.29) is 18.4 Å². The number of amides is 2. The van der Waals surface area contributed by atoms with Gasteiger partial charge < -0.3 is 15.7 Å². The van der Waals surface area contributed by atoms with E-state index in [1.807, 2.05) is 59.3 Å². The van der Waals surface area contributed by atoms with Crippen molar-refractivity contribution in [2.75, 3.05) is 17.2 Å². The molecule has 0 atom stereocenters. The summed E-state index contributed by atoms with van der Waals surface area (Å²) in [6, 6.07) is 20.2. The molecule has 2 aromatic carbocycles. The van der Waals surface area contributed by atoms with Gasteiger partial charge in [0.15, 0.2) is 0 Å². The lowest BCUT2D eigenvalue weighted by Gasteiger charge is -2.16. The van der Waals surface area contributed by atoms with Gasteiger partial charge in [0, 0.05) is 52.7 Å². The van der Waals surface area contributed by atoms with E-state index in [0.29, 0.717) is 0 Å². The normalized spacial score (nSPS) is 10.2. The first-order valence-electron chi connectivity index (χ1n) is 10.4. The van der Waals surface area contributed by atoms with Crippen molar-refractivity contribution in [1.29, 1.82) is 0 Å². The van der Waals surface area contributed by atoms with E-state index in [2.05, 4.69) is 22.8 Å². The summed E-state index contributed by atoms with van der Waals surface area (Å²) in [4.78, 5) is 25.4. The first-order valence-corrected chi connectivity index (χ1v) is 12.2. The van der Waals surface area contributed by atoms with Crippen LogP contribution in [0.3, 0.4) is 0 Å². The third-order valence-electron chi connectivity index (χ3n) is 4.54. The average molecular weight is 479 g/mol. The molecule has 33 heavy (non-hydrogen) atoms. The molecule has 5 nitrogen and oxygen atoms in total. The molecule has 170 valence electrons. The van der Waals surface area contributed by atoms with Crippen LogP contribution in [-0.2, 0) is 9.59 Å². The van der Waals surface area contributed by atoms with Crippen molar-refractivity contribution in [3.8, 4) is 32.0 Å². The summed E-state index contributed by atoms with van der Waals surface area (Å²) in [5.41, 5.74) is 5.79. The Bertz CT molecular complexity index is 1120. The highest BCUT2D eigenvalue weighted by molar-refractivity contribution is 7.14. The molecule has 0 fully saturated rings. The minimum Gasteiger partial charge on any atom is -0.397 e. The van der Waals surface area contributed by atoms with Crippen LogP contribution in [-0.4, -0.2) is 23.5 Å². The molecule has 0 aliphatic heterocycles. The average Bonchev–Trinajstić information content (AvgIpc) is 3.48. The van der Waals surface area contributed by atoms with Gasteiger partial charge in [0.25, 0.3) is 0 Å². The Morgan fingerprint density at radius 2 is 1.12 bits per heavy atom. The molecule has 0 radical (unpaired) electrons. The lowest BCUT2D eigenvalue weighted by molar-refractivity contribution is -0.115. The molecular weight excluding hydrogens is 452 g/mol. The topological polar surface area (TPSA) is 78.4 Å². The summed E-state index contributed by atoms with van der Waals surface area (Å²) in [6.07, 6.45) is 0. The number of hydrogen-bond acceptors (Lipinski definition) is 5. The van der Waals surface area contributed by atoms with Gasteiger partial charge in [-0.3, -0.25) is 9.59 Å². The molecule has 7 heteroatoms. The fourth-order valence-electron chi connectivity index (χ4n) is 3.39. The number of aliphatic hydroxyl groups excluding tert-OH is 1. The van der Waals surface area contributed by atoms with Gasteiger partial charge in [-0.15, -0.1) is 22.7 Å². The van der Waals surface area contributed by atoms with Crippen molar-refractivity contribution >= 4 is 45.9 Å². The Balaban J connectivity index is 0.000000968. The van der Waals surface area contributed by atoms with Crippen molar-refractivity contribution in [3.63, 3.8) is 0 Å². The number of hydrogen-bond donors (Lipinski definition) is 3. The van der Waals surface area contributed by atoms with Crippen molar-refractivity contribution in [1.82, 2.24) is 0 Å². The van der Waals surface area contributed by atoms with Gasteiger partial charge in [-0.2, -0.15) is 0 Å². The number of benzene rings is 2. The second-order valence-electron chi connectivity index (χ2n) is 7.15. The van der Waals surface area contributed by atoms with Crippen LogP contribution in [0.2, 0.25) is 0 Å². The summed E-state index contributed by atoms with van der Waals surface area (Å²) in [5.74, 6) is -0.197. The molecule has 2 aromatic heterocycles. The van der Waals surface area contributed by atoms with E-state index in [4.69, 9.17) is 5.11 Å². The predicted octanol–water partition coefficient (Wildman–Crippen LogP) is 6.73. The van der Waals surface area contributed by atoms with Crippen LogP contribution in [0.4, 0.5) is 11.4 Å². The number of rotatable bonds is 5. The molecule has 4 aromatic rings. The zero-order valence-electron chi connectivity index (χ0n) is 18.7. The maximum absolute atomic E-state index is 11.6. The Morgan fingerprint density at radius 3 is 1.42 bits per heavy atom. The Labute approximate surface area is 201 Å². The lowest BCUT2D eigenvalue weighted by Crippen LogP contribution is -2.06. The zero-order valence-corrected chi connectivity index (χ0v) is 20.3. The van der Waals surface area contributed by atoms with Gasteiger partial charge in [-0.25, -0.2) is 0 Å². The summed E-state index contributed by atoms with van der Waals surface area (Å²) in [6.45, 7) is 4.95. The van der Waals surface area contributed by atoms with Crippen molar-refractivity contribution in [2.45, 2.75) is 20.8 Å². The summed E-state index contributed by atoms with van der Waals surface area (Å²) < 4.78 is 0. The van der Waals surface area contributed by atoms with Gasteiger partial charge >= 0.3 is 0 Å². The monoisotopic (exact) mass is 478 g/mol. The summed E-state index contributed by atoms with van der Waals surface area (Å²) >= 11 is 3.32. The SMILES string of the molecule is CC(=O)Nc1ccc(-c2ccc(NC(C)=O)cc2-c2cccs2)c(-c2cccs2)c1.CCO. The first kappa shape index (κ1) is 24.4. The van der Waals surface area contributed by atoms with E-state index in [1.165, 1.54) is 13.8 Å². The lowest BCUT2D eigenvalue weighted by atomic mass is 9.93. The highest BCUT2D eigenvalue weighted by atomic mass is 32.1. The fourth-order valence-corrected chi connectivity index (χ4v) is 4.91. The molecular formula is C26H26N2O3S2. The van der Waals surface area contributed by atoms with Crippen LogP contribution in [0, 0.1) is 0 Å². The largest absolute Gasteiger partial charge is 0.397 e. The molecule has 3 N–H and O–H groups in total. The Morgan fingerprint density at radius 1 is 0.727 bits per heavy atom. The molecule has 0 saturated carbocycles. The quantitative estimate of drug-likeness (QED) is 0.298. The van der Waals surface area contributed by atoms with Crippen LogP contribution in [0.25, 0.3) is 32.0 Å². The van der Waals surface area contributed by atoms with Crippen molar-refractivity contribution < 1.29 is 14.7 Å². The molecule has 2 heterocycles. The summed E-state index contributed by atoms with van der Waals surface area (Å²) in [5, 5.41) is 17.4. The molecule has 2 amide bonds. The predicted molar refractivity (Wildman–Crippen MR) is 140 cm³/mol. The van der Waals surface area contributed by atoms with E-state index in [1.54, 1.807) is 29.6 Å². The third kappa shape index (κ3) is 6.38. The van der Waals surface area contributed by atoms with Gasteiger partial charge in [-0.05, 0) is 65.2 Å². The number of aliphatic hydroxyl groups is 1. The number of anilines is 2. The minimum absolute atomic E-state index is 0.0983. The molecule has 4 rings (SSSR count). The van der Waals surface area contributed by atoms with Crippen LogP contribution in [0.15, 0.2) is 71.4 Å². The van der Waals surface area contributed by atoms with E-state index >= 15 is 0 Å². The standard InChI is InChI=1S/C24H20N2O2S2.C2H6O/c1-15(27)25-17-7-9-19(21(13-17)23-5-3-11-29-23)20-10-8-18(26-16(2)28)14-22(20)24-6-4-12-30-24;1-2-3/h3-14H,1-2H3,(H,25,27)(H,26,28);3H,2H2,1H3. The van der Waals surface area contributed by atoms with Crippen molar-refractivity contribution in [3.05, 3.63) is 71.4 Å². The maximum atomic E-state index is 11.6. The number of carbonyl (C=O) groups excluding carboxylic acids is 2. The molecule has 0 spiro atoms. The smallest absolute Gasteiger partial charge is 0.221 e. The number of thiophene rings is 2. The number of carbonyl (C=O) groups is 2. The van der Waals surface area contributed by atoms with Gasteiger partial charge in [0.2, 0.25) is 11.8 Å². The Kier molecular flexibility index (Phi) is 8.54. The second-order valence-corrected chi connectivity index (χ2v) is 9.05. The van der Waals surface area contributed by atoms with Crippen molar-refractivity contribution in [2.24, 2.45) is 0 Å². The van der Waals surface area contributed by atoms with Gasteiger partial charge in [-0.1, -0.05) is 24.3 Å². The van der Waals surface area contributed by atoms with Crippen LogP contribution in [0.1, 0.15) is 20.8 Å². The van der Waals surface area contributed by atoms with Crippen LogP contribution < -0.4 is 10.6 Å². The Hall–Kier alpha value is -3.26. The molecule has 0 bridgehead atoms. The molecule has 0 aliphatic carbocycles. The highest BCUT2D eigenvalue weighted by Crippen LogP contribution is 2.42. The van der Waals surface area contributed by atoms with E-state index in [9.17, 15) is 9.59 Å². The first-order chi connectivity index (χ1) is 15.9. The van der Waals surface area contributed by atoms with Crippen LogP contribution in [0.5, 0.6) is 0 Å². The minimum atomic E-state index is -0.0983. The number of nitrogens with one attached hydrogen (secondary N) is 2. The maximum Gasteiger partial charge on any atom is 0.221 e. The fraction of sp³-hybridized carbons (Fsp3) is 0.154. The third-order valence-corrected chi connectivity index (χ3v) is 6.35. The molecule has 0 saturated heterocycles. The molecule has 0 aliphatic rings. The van der Waals surface area contributed by atoms with Crippen LogP contribution >= 0.6 is 22.7 Å². The van der Waals surface area contributed by atoms with E-state index in [0.717, 1.165) is 43.4 Å². The highest BCUT2D eigenvalue weighted by Gasteiger charge is 2.16. The molecule has 0 unspecified atom stereocenters. The summed E-state index contributed by atoms with van der Waals surface area (Å²) in [7, 11) is 0. The van der Waals surface area contributed by atoms with Gasteiger partial charge in [0.05, 0.1) is 0 Å². The zero-order chi connectivity index (χ0) is 23.8. The second kappa shape index (κ2) is 11.6. The van der Waals surface area contributed by atoms with E-state index < -0.39 is 0 Å². The van der Waals surface area contributed by atoms with Gasteiger partial charge in [0.1, 0.15) is 0 Å².